The highest BCUT2D eigenvalue weighted by Gasteiger charge is 2.23. The monoisotopic (exact) mass is 967 g/mol. The molecule has 9 heteroatoms. The lowest BCUT2D eigenvalue weighted by atomic mass is 10.1. The molecule has 0 aromatic carbocycles. The number of carbonyl (C=O) groups is 1. The number of aliphatic hydroxyl groups excluding tert-OH is 1. The lowest BCUT2D eigenvalue weighted by molar-refractivity contribution is -0.870. The first-order chi connectivity index (χ1) is 33.0. The topological polar surface area (TPSA) is 108 Å². The summed E-state index contributed by atoms with van der Waals surface area (Å²) in [5.74, 6) is -0.230. The van der Waals surface area contributed by atoms with Gasteiger partial charge in [0.15, 0.2) is 0 Å². The van der Waals surface area contributed by atoms with Crippen LogP contribution in [0.15, 0.2) is 109 Å². The number of hydrogen-bond donors (Lipinski definition) is 2. The molecule has 0 heterocycles. The molecular weight excluding hydrogens is 864 g/mol. The molecule has 0 bridgehead atoms. The average Bonchev–Trinajstić information content (AvgIpc) is 3.30. The summed E-state index contributed by atoms with van der Waals surface area (Å²) < 4.78 is 23.3. The third-order valence-electron chi connectivity index (χ3n) is 11.4. The summed E-state index contributed by atoms with van der Waals surface area (Å²) in [5.41, 5.74) is 0. The molecule has 0 saturated heterocycles. The van der Waals surface area contributed by atoms with E-state index in [1.54, 1.807) is 6.08 Å². The molecule has 0 spiro atoms. The Morgan fingerprint density at radius 2 is 0.912 bits per heavy atom. The van der Waals surface area contributed by atoms with Gasteiger partial charge in [-0.25, -0.2) is 0 Å². The summed E-state index contributed by atoms with van der Waals surface area (Å²) >= 11 is 0. The van der Waals surface area contributed by atoms with E-state index in [0.29, 0.717) is 17.4 Å². The molecule has 0 aliphatic rings. The van der Waals surface area contributed by atoms with Crippen molar-refractivity contribution in [1.82, 2.24) is 5.32 Å². The van der Waals surface area contributed by atoms with Gasteiger partial charge in [0, 0.05) is 6.42 Å². The average molecular weight is 967 g/mol. The fourth-order valence-corrected chi connectivity index (χ4v) is 7.91. The fourth-order valence-electron chi connectivity index (χ4n) is 7.19. The molecule has 68 heavy (non-hydrogen) atoms. The van der Waals surface area contributed by atoms with Gasteiger partial charge in [-0.3, -0.25) is 9.36 Å². The minimum Gasteiger partial charge on any atom is -0.756 e. The molecule has 2 N–H and O–H groups in total. The van der Waals surface area contributed by atoms with Crippen LogP contribution in [0.4, 0.5) is 0 Å². The number of amides is 1. The van der Waals surface area contributed by atoms with Crippen LogP contribution in [0.3, 0.4) is 0 Å². The van der Waals surface area contributed by atoms with Crippen molar-refractivity contribution in [2.75, 3.05) is 40.9 Å². The minimum atomic E-state index is -4.62. The van der Waals surface area contributed by atoms with Gasteiger partial charge in [-0.2, -0.15) is 0 Å². The van der Waals surface area contributed by atoms with Crippen LogP contribution in [0.25, 0.3) is 0 Å². The minimum absolute atomic E-state index is 0.0183. The van der Waals surface area contributed by atoms with E-state index in [9.17, 15) is 19.4 Å². The highest BCUT2D eigenvalue weighted by molar-refractivity contribution is 7.45. The van der Waals surface area contributed by atoms with Crippen LogP contribution in [0.1, 0.15) is 206 Å². The third-order valence-corrected chi connectivity index (χ3v) is 12.4. The lowest BCUT2D eigenvalue weighted by Crippen LogP contribution is -2.45. The number of quaternary nitrogens is 1. The van der Waals surface area contributed by atoms with Gasteiger partial charge < -0.3 is 28.8 Å². The van der Waals surface area contributed by atoms with Crippen LogP contribution in [-0.4, -0.2) is 68.5 Å². The molecule has 8 nitrogen and oxygen atoms in total. The van der Waals surface area contributed by atoms with Crippen molar-refractivity contribution < 1.29 is 32.9 Å². The zero-order valence-electron chi connectivity index (χ0n) is 44.3. The number of phosphoric acid groups is 1. The summed E-state index contributed by atoms with van der Waals surface area (Å²) in [6.07, 6.45) is 71.5. The quantitative estimate of drug-likeness (QED) is 0.0272. The normalized spacial score (nSPS) is 14.9. The number of unbranched alkanes of at least 4 members (excludes halogenated alkanes) is 19. The van der Waals surface area contributed by atoms with E-state index in [0.717, 1.165) is 109 Å². The Balaban J connectivity index is 4.41. The molecule has 3 unspecified atom stereocenters. The highest BCUT2D eigenvalue weighted by Crippen LogP contribution is 2.38. The molecule has 0 aliphatic carbocycles. The first kappa shape index (κ1) is 65.2. The predicted octanol–water partition coefficient (Wildman–Crippen LogP) is 15.8. The summed E-state index contributed by atoms with van der Waals surface area (Å²) in [5, 5.41) is 13.8. The van der Waals surface area contributed by atoms with Crippen LogP contribution in [-0.2, 0) is 18.4 Å². The van der Waals surface area contributed by atoms with Crippen molar-refractivity contribution in [2.45, 2.75) is 219 Å². The summed E-state index contributed by atoms with van der Waals surface area (Å²) in [6, 6.07) is -0.926. The summed E-state index contributed by atoms with van der Waals surface area (Å²) in [7, 11) is 1.21. The van der Waals surface area contributed by atoms with E-state index in [1.165, 1.54) is 77.0 Å². The van der Waals surface area contributed by atoms with Crippen molar-refractivity contribution in [3.8, 4) is 0 Å². The number of allylic oxidation sites excluding steroid dienone is 17. The predicted molar refractivity (Wildman–Crippen MR) is 292 cm³/mol. The van der Waals surface area contributed by atoms with Gasteiger partial charge in [-0.05, 0) is 96.3 Å². The van der Waals surface area contributed by atoms with Crippen molar-refractivity contribution >= 4 is 13.7 Å². The number of phosphoric ester groups is 1. The smallest absolute Gasteiger partial charge is 0.268 e. The molecule has 3 atom stereocenters. The number of nitrogens with one attached hydrogen (secondary N) is 1. The standard InChI is InChI=1S/C59H103N2O6P/c1-6-8-10-12-14-16-18-20-22-24-26-28-29-30-31-33-35-37-39-41-43-45-47-49-51-53-59(63)60-57(56-67-68(64,65)66-55-54-61(3,4)5)58(62)52-50-48-46-44-42-40-38-36-34-32-27-25-23-21-19-17-15-13-11-9-7-2/h8,10,14,16,20,22,26,28,30-31,34-37,42,44,50,52,57-58,62H,6-7,9,11-13,15,17-19,21,23-25,27,29,32-33,38-41,43,45-49,51,53-56H2,1-5H3,(H-,60,63,64,65)/b10-8-,16-14-,22-20-,28-26-,31-30-,36-34+,37-35-,44-42+,52-50+. The maximum atomic E-state index is 12.9. The maximum absolute atomic E-state index is 12.9. The Morgan fingerprint density at radius 3 is 1.37 bits per heavy atom. The van der Waals surface area contributed by atoms with E-state index >= 15 is 0 Å². The Bertz CT molecular complexity index is 1470. The van der Waals surface area contributed by atoms with Crippen molar-refractivity contribution in [3.63, 3.8) is 0 Å². The highest BCUT2D eigenvalue weighted by atomic mass is 31.2. The Hall–Kier alpha value is -2.84. The van der Waals surface area contributed by atoms with Crippen molar-refractivity contribution in [2.24, 2.45) is 0 Å². The van der Waals surface area contributed by atoms with E-state index in [4.69, 9.17) is 9.05 Å². The van der Waals surface area contributed by atoms with Gasteiger partial charge in [-0.1, -0.05) is 213 Å². The van der Waals surface area contributed by atoms with Gasteiger partial charge in [0.25, 0.3) is 7.82 Å². The maximum Gasteiger partial charge on any atom is 0.268 e. The van der Waals surface area contributed by atoms with E-state index < -0.39 is 26.6 Å². The second-order valence-corrected chi connectivity index (χ2v) is 20.6. The SMILES string of the molecule is CC/C=C\C/C=C\C/C=C\C/C=C\C/C=C\C/C=C\CCCCCCCCC(=O)NC(COP(=O)([O-])OCC[N+](C)(C)C)C(O)/C=C/CC/C=C/CC/C=C/CCCCCCCCCCCCC. The van der Waals surface area contributed by atoms with E-state index in [-0.39, 0.29) is 12.5 Å². The number of hydrogen-bond acceptors (Lipinski definition) is 6. The van der Waals surface area contributed by atoms with Gasteiger partial charge in [0.2, 0.25) is 5.91 Å². The molecule has 390 valence electrons. The first-order valence-electron chi connectivity index (χ1n) is 27.2. The molecular formula is C59H103N2O6P. The number of likely N-dealkylation sites (N-methyl/N-ethyl adjacent to an activating group) is 1. The van der Waals surface area contributed by atoms with Gasteiger partial charge in [0.1, 0.15) is 13.2 Å². The molecule has 0 rings (SSSR count). The number of carbonyl (C=O) groups excluding carboxylic acids is 1. The van der Waals surface area contributed by atoms with Gasteiger partial charge in [0.05, 0.1) is 39.9 Å². The Morgan fingerprint density at radius 1 is 0.529 bits per heavy atom. The first-order valence-corrected chi connectivity index (χ1v) is 28.7. The fraction of sp³-hybridized carbons (Fsp3) is 0.678. The van der Waals surface area contributed by atoms with Crippen LogP contribution in [0.5, 0.6) is 0 Å². The van der Waals surface area contributed by atoms with E-state index in [2.05, 4.69) is 116 Å². The van der Waals surface area contributed by atoms with Crippen LogP contribution < -0.4 is 10.2 Å². The molecule has 0 aromatic rings. The van der Waals surface area contributed by atoms with Crippen LogP contribution in [0, 0.1) is 0 Å². The lowest BCUT2D eigenvalue weighted by Gasteiger charge is -2.29. The van der Waals surface area contributed by atoms with Gasteiger partial charge >= 0.3 is 0 Å². The third kappa shape index (κ3) is 51.0. The molecule has 0 fully saturated rings. The van der Waals surface area contributed by atoms with Crippen molar-refractivity contribution in [3.05, 3.63) is 109 Å². The van der Waals surface area contributed by atoms with Crippen molar-refractivity contribution in [1.29, 1.82) is 0 Å². The molecule has 0 radical (unpaired) electrons. The number of aliphatic hydroxyl groups is 1. The Labute approximate surface area is 419 Å². The summed E-state index contributed by atoms with van der Waals surface area (Å²) in [6.45, 7) is 4.48. The number of nitrogens with zero attached hydrogens (tertiary/aromatic N) is 1. The molecule has 1 amide bonds. The largest absolute Gasteiger partial charge is 0.756 e. The zero-order chi connectivity index (χ0) is 49.9. The van der Waals surface area contributed by atoms with Crippen LogP contribution >= 0.6 is 7.82 Å². The zero-order valence-corrected chi connectivity index (χ0v) is 45.2. The Kier molecular flexibility index (Phi) is 47.1. The van der Waals surface area contributed by atoms with Gasteiger partial charge in [-0.15, -0.1) is 0 Å². The summed E-state index contributed by atoms with van der Waals surface area (Å²) in [4.78, 5) is 25.5. The second kappa shape index (κ2) is 49.2. The molecule has 0 saturated carbocycles. The second-order valence-electron chi connectivity index (χ2n) is 19.2. The molecule has 0 aromatic heterocycles. The van der Waals surface area contributed by atoms with E-state index in [1.807, 2.05) is 27.2 Å². The van der Waals surface area contributed by atoms with Crippen LogP contribution in [0.2, 0.25) is 0 Å². The molecule has 0 aliphatic heterocycles. The number of rotatable bonds is 48.